The Morgan fingerprint density at radius 2 is 1.90 bits per heavy atom. The van der Waals surface area contributed by atoms with Crippen LogP contribution in [0.15, 0.2) is 18.2 Å². The van der Waals surface area contributed by atoms with E-state index in [9.17, 15) is 8.78 Å². The summed E-state index contributed by atoms with van der Waals surface area (Å²) >= 11 is 0. The zero-order chi connectivity index (χ0) is 14.1. The first kappa shape index (κ1) is 13.8. The second kappa shape index (κ2) is 5.68. The predicted molar refractivity (Wildman–Crippen MR) is 77.0 cm³/mol. The lowest BCUT2D eigenvalue weighted by atomic mass is 9.81. The Kier molecular flexibility index (Phi) is 3.92. The summed E-state index contributed by atoms with van der Waals surface area (Å²) in [4.78, 5) is 2.21. The molecule has 2 bridgehead atoms. The van der Waals surface area contributed by atoms with Gasteiger partial charge in [-0.2, -0.15) is 0 Å². The van der Waals surface area contributed by atoms with Gasteiger partial charge in [0, 0.05) is 24.2 Å². The molecule has 3 rings (SSSR count). The van der Waals surface area contributed by atoms with Gasteiger partial charge in [-0.3, -0.25) is 0 Å². The van der Waals surface area contributed by atoms with Gasteiger partial charge >= 0.3 is 0 Å². The highest BCUT2D eigenvalue weighted by Gasteiger charge is 2.38. The SMILES string of the molecule is CCNC1CC2CCCC(C1)N2c1ccc(F)cc1F. The molecule has 1 N–H and O–H groups in total. The van der Waals surface area contributed by atoms with Gasteiger partial charge in [-0.15, -0.1) is 0 Å². The smallest absolute Gasteiger partial charge is 0.149 e. The van der Waals surface area contributed by atoms with E-state index in [1.807, 2.05) is 0 Å². The zero-order valence-corrected chi connectivity index (χ0v) is 11.9. The molecule has 0 aliphatic carbocycles. The average Bonchev–Trinajstić information content (AvgIpc) is 2.39. The normalized spacial score (nSPS) is 29.6. The Hall–Kier alpha value is -1.16. The van der Waals surface area contributed by atoms with Crippen molar-refractivity contribution in [1.29, 1.82) is 0 Å². The highest BCUT2D eigenvalue weighted by Crippen LogP contribution is 2.38. The zero-order valence-electron chi connectivity index (χ0n) is 11.9. The predicted octanol–water partition coefficient (Wildman–Crippen LogP) is 3.46. The Bertz CT molecular complexity index is 464. The highest BCUT2D eigenvalue weighted by atomic mass is 19.1. The van der Waals surface area contributed by atoms with Gasteiger partial charge in [0.25, 0.3) is 0 Å². The van der Waals surface area contributed by atoms with Crippen LogP contribution in [0.3, 0.4) is 0 Å². The van der Waals surface area contributed by atoms with Crippen molar-refractivity contribution in [2.75, 3.05) is 11.4 Å². The molecule has 0 radical (unpaired) electrons. The van der Waals surface area contributed by atoms with Crippen molar-refractivity contribution in [2.45, 2.75) is 57.2 Å². The fraction of sp³-hybridized carbons (Fsp3) is 0.625. The molecule has 110 valence electrons. The summed E-state index contributed by atoms with van der Waals surface area (Å²) in [6, 6.07) is 5.27. The van der Waals surface area contributed by atoms with Crippen LogP contribution in [0.2, 0.25) is 0 Å². The third-order valence-electron chi connectivity index (χ3n) is 4.66. The molecule has 1 aromatic carbocycles. The number of fused-ring (bicyclic) bond motifs is 2. The Balaban J connectivity index is 1.86. The highest BCUT2D eigenvalue weighted by molar-refractivity contribution is 5.51. The summed E-state index contributed by atoms with van der Waals surface area (Å²) in [6.45, 7) is 3.11. The second-order valence-electron chi connectivity index (χ2n) is 5.97. The van der Waals surface area contributed by atoms with E-state index in [2.05, 4.69) is 17.1 Å². The molecular formula is C16H22F2N2. The molecule has 2 nitrogen and oxygen atoms in total. The van der Waals surface area contributed by atoms with E-state index in [1.165, 1.54) is 12.5 Å². The number of piperidine rings is 2. The number of hydrogen-bond donors (Lipinski definition) is 1. The molecule has 4 heteroatoms. The van der Waals surface area contributed by atoms with Crippen LogP contribution < -0.4 is 10.2 Å². The van der Waals surface area contributed by atoms with Crippen LogP contribution in [0.1, 0.15) is 39.0 Å². The minimum Gasteiger partial charge on any atom is -0.363 e. The van der Waals surface area contributed by atoms with Gasteiger partial charge in [-0.05, 0) is 50.8 Å². The molecule has 2 unspecified atom stereocenters. The summed E-state index contributed by atoms with van der Waals surface area (Å²) in [7, 11) is 0. The quantitative estimate of drug-likeness (QED) is 0.912. The number of nitrogens with one attached hydrogen (secondary N) is 1. The summed E-state index contributed by atoms with van der Waals surface area (Å²) in [5.41, 5.74) is 0.580. The van der Waals surface area contributed by atoms with E-state index in [-0.39, 0.29) is 0 Å². The fourth-order valence-corrected chi connectivity index (χ4v) is 3.92. The summed E-state index contributed by atoms with van der Waals surface area (Å²) in [6.07, 6.45) is 5.54. The number of hydrogen-bond acceptors (Lipinski definition) is 2. The van der Waals surface area contributed by atoms with Crippen LogP contribution in [-0.4, -0.2) is 24.7 Å². The van der Waals surface area contributed by atoms with Crippen LogP contribution in [0.25, 0.3) is 0 Å². The molecule has 0 spiro atoms. The van der Waals surface area contributed by atoms with E-state index in [0.717, 1.165) is 38.3 Å². The van der Waals surface area contributed by atoms with Gasteiger partial charge in [0.15, 0.2) is 0 Å². The lowest BCUT2D eigenvalue weighted by Crippen LogP contribution is -2.56. The van der Waals surface area contributed by atoms with Crippen molar-refractivity contribution in [1.82, 2.24) is 5.32 Å². The van der Waals surface area contributed by atoms with E-state index in [0.29, 0.717) is 23.8 Å². The maximum Gasteiger partial charge on any atom is 0.149 e. The van der Waals surface area contributed by atoms with Crippen molar-refractivity contribution in [3.05, 3.63) is 29.8 Å². The van der Waals surface area contributed by atoms with E-state index in [1.54, 1.807) is 6.07 Å². The van der Waals surface area contributed by atoms with E-state index >= 15 is 0 Å². The number of nitrogens with zero attached hydrogens (tertiary/aromatic N) is 1. The molecule has 2 aliphatic rings. The Labute approximate surface area is 119 Å². The molecule has 1 aromatic rings. The molecule has 0 saturated carbocycles. The first-order chi connectivity index (χ1) is 9.69. The van der Waals surface area contributed by atoms with Gasteiger partial charge in [0.1, 0.15) is 11.6 Å². The standard InChI is InChI=1S/C16H22F2N2/c1-2-19-12-9-13-4-3-5-14(10-12)20(13)16-7-6-11(17)8-15(16)18/h6-8,12-14,19H,2-5,9-10H2,1H3. The van der Waals surface area contributed by atoms with Crippen LogP contribution in [0.4, 0.5) is 14.5 Å². The number of benzene rings is 1. The van der Waals surface area contributed by atoms with Crippen molar-refractivity contribution in [3.63, 3.8) is 0 Å². The molecule has 2 heterocycles. The minimum absolute atomic E-state index is 0.381. The fourth-order valence-electron chi connectivity index (χ4n) is 3.92. The molecule has 0 aromatic heterocycles. The first-order valence-electron chi connectivity index (χ1n) is 7.65. The third kappa shape index (κ3) is 2.53. The molecule has 2 aliphatic heterocycles. The molecule has 2 atom stereocenters. The topological polar surface area (TPSA) is 15.3 Å². The van der Waals surface area contributed by atoms with Crippen LogP contribution in [-0.2, 0) is 0 Å². The third-order valence-corrected chi connectivity index (χ3v) is 4.66. The van der Waals surface area contributed by atoms with Crippen LogP contribution in [0, 0.1) is 11.6 Å². The van der Waals surface area contributed by atoms with E-state index < -0.39 is 11.6 Å². The number of rotatable bonds is 3. The van der Waals surface area contributed by atoms with Gasteiger partial charge in [0.05, 0.1) is 5.69 Å². The summed E-state index contributed by atoms with van der Waals surface area (Å²) < 4.78 is 27.2. The minimum atomic E-state index is -0.501. The van der Waals surface area contributed by atoms with Gasteiger partial charge in [-0.25, -0.2) is 8.78 Å². The number of halogens is 2. The lowest BCUT2D eigenvalue weighted by Gasteiger charge is -2.50. The van der Waals surface area contributed by atoms with Crippen molar-refractivity contribution in [3.8, 4) is 0 Å². The maximum absolute atomic E-state index is 14.1. The van der Waals surface area contributed by atoms with Crippen LogP contribution in [0.5, 0.6) is 0 Å². The molecular weight excluding hydrogens is 258 g/mol. The second-order valence-corrected chi connectivity index (χ2v) is 5.97. The van der Waals surface area contributed by atoms with E-state index in [4.69, 9.17) is 0 Å². The molecule has 2 fully saturated rings. The largest absolute Gasteiger partial charge is 0.363 e. The average molecular weight is 280 g/mol. The van der Waals surface area contributed by atoms with Crippen LogP contribution >= 0.6 is 0 Å². The number of anilines is 1. The first-order valence-corrected chi connectivity index (χ1v) is 7.65. The van der Waals surface area contributed by atoms with Gasteiger partial charge in [0.2, 0.25) is 0 Å². The van der Waals surface area contributed by atoms with Gasteiger partial charge in [-0.1, -0.05) is 6.92 Å². The Morgan fingerprint density at radius 3 is 2.50 bits per heavy atom. The lowest BCUT2D eigenvalue weighted by molar-refractivity contribution is 0.245. The van der Waals surface area contributed by atoms with Crippen molar-refractivity contribution >= 4 is 5.69 Å². The maximum atomic E-state index is 14.1. The van der Waals surface area contributed by atoms with Gasteiger partial charge < -0.3 is 10.2 Å². The van der Waals surface area contributed by atoms with Crippen molar-refractivity contribution in [2.24, 2.45) is 0 Å². The molecule has 20 heavy (non-hydrogen) atoms. The Morgan fingerprint density at radius 1 is 1.20 bits per heavy atom. The van der Waals surface area contributed by atoms with Crippen molar-refractivity contribution < 1.29 is 8.78 Å². The molecule has 0 amide bonds. The summed E-state index contributed by atoms with van der Waals surface area (Å²) in [5, 5.41) is 3.53. The summed E-state index contributed by atoms with van der Waals surface area (Å²) in [5.74, 6) is -0.928. The monoisotopic (exact) mass is 280 g/mol. The molecule has 2 saturated heterocycles.